The number of aryl methyl sites for hydroxylation is 1. The van der Waals surface area contributed by atoms with Gasteiger partial charge >= 0.3 is 5.97 Å². The summed E-state index contributed by atoms with van der Waals surface area (Å²) in [5.74, 6) is -2.62. The maximum atomic E-state index is 14.5. The molecule has 1 aliphatic carbocycles. The third-order valence-corrected chi connectivity index (χ3v) is 5.25. The summed E-state index contributed by atoms with van der Waals surface area (Å²) in [5.41, 5.74) is 0.867. The minimum atomic E-state index is -0.879. The van der Waals surface area contributed by atoms with Gasteiger partial charge in [0.25, 0.3) is 0 Å². The van der Waals surface area contributed by atoms with Crippen molar-refractivity contribution in [1.82, 2.24) is 0 Å². The number of hydrogen-bond acceptors (Lipinski definition) is 3. The van der Waals surface area contributed by atoms with Gasteiger partial charge in [0, 0.05) is 17.5 Å². The Balaban J connectivity index is 1.50. The number of carbonyl (C=O) groups is 1. The highest BCUT2D eigenvalue weighted by Crippen LogP contribution is 2.39. The standard InChI is InChI=1S/C24H19F3O4/c1-13-2-4-17(11-21(13)26)31-16-5-6-20(25)18(10-16)14-3-7-23(22(27)9-14)30-12-15-8-19(15)24(28)29/h2-7,9-11,15,19H,8,12H2,1H3,(H,28,29). The predicted molar refractivity (Wildman–Crippen MR) is 108 cm³/mol. The molecule has 4 nitrogen and oxygen atoms in total. The zero-order chi connectivity index (χ0) is 22.1. The van der Waals surface area contributed by atoms with Gasteiger partial charge in [0.15, 0.2) is 11.6 Å². The molecule has 1 saturated carbocycles. The molecule has 160 valence electrons. The van der Waals surface area contributed by atoms with Gasteiger partial charge in [-0.05, 0) is 60.9 Å². The maximum Gasteiger partial charge on any atom is 0.306 e. The van der Waals surface area contributed by atoms with Crippen molar-refractivity contribution in [3.05, 3.63) is 77.6 Å². The van der Waals surface area contributed by atoms with E-state index in [1.165, 1.54) is 36.4 Å². The number of benzene rings is 3. The van der Waals surface area contributed by atoms with E-state index in [1.54, 1.807) is 19.1 Å². The molecular formula is C24H19F3O4. The third kappa shape index (κ3) is 4.66. The van der Waals surface area contributed by atoms with E-state index in [1.807, 2.05) is 0 Å². The fraction of sp³-hybridized carbons (Fsp3) is 0.208. The van der Waals surface area contributed by atoms with Crippen LogP contribution < -0.4 is 9.47 Å². The Morgan fingerprint density at radius 3 is 2.39 bits per heavy atom. The second-order valence-corrected chi connectivity index (χ2v) is 7.55. The molecule has 0 amide bonds. The van der Waals surface area contributed by atoms with E-state index < -0.39 is 29.3 Å². The molecule has 7 heteroatoms. The Labute approximate surface area is 176 Å². The summed E-state index contributed by atoms with van der Waals surface area (Å²) in [6, 6.07) is 12.4. The highest BCUT2D eigenvalue weighted by atomic mass is 19.1. The molecule has 0 aliphatic heterocycles. The topological polar surface area (TPSA) is 55.8 Å². The summed E-state index contributed by atoms with van der Waals surface area (Å²) in [6.45, 7) is 1.74. The van der Waals surface area contributed by atoms with Gasteiger partial charge in [-0.3, -0.25) is 4.79 Å². The lowest BCUT2D eigenvalue weighted by atomic mass is 10.0. The van der Waals surface area contributed by atoms with Gasteiger partial charge in [-0.2, -0.15) is 0 Å². The van der Waals surface area contributed by atoms with Crippen LogP contribution in [0.3, 0.4) is 0 Å². The van der Waals surface area contributed by atoms with E-state index in [-0.39, 0.29) is 40.9 Å². The Morgan fingerprint density at radius 2 is 1.71 bits per heavy atom. The van der Waals surface area contributed by atoms with Crippen LogP contribution in [0.25, 0.3) is 11.1 Å². The Morgan fingerprint density at radius 1 is 0.968 bits per heavy atom. The average molecular weight is 428 g/mol. The zero-order valence-electron chi connectivity index (χ0n) is 16.6. The number of ether oxygens (including phenoxy) is 2. The molecule has 0 radical (unpaired) electrons. The molecule has 2 atom stereocenters. The fourth-order valence-corrected chi connectivity index (χ4v) is 3.28. The molecule has 0 spiro atoms. The molecule has 0 saturated heterocycles. The molecule has 2 unspecified atom stereocenters. The number of carboxylic acids is 1. The lowest BCUT2D eigenvalue weighted by molar-refractivity contribution is -0.138. The largest absolute Gasteiger partial charge is 0.490 e. The van der Waals surface area contributed by atoms with Crippen molar-refractivity contribution in [3.8, 4) is 28.4 Å². The summed E-state index contributed by atoms with van der Waals surface area (Å²) in [6.07, 6.45) is 0.512. The summed E-state index contributed by atoms with van der Waals surface area (Å²) in [7, 11) is 0. The van der Waals surface area contributed by atoms with Crippen LogP contribution in [-0.2, 0) is 4.79 Å². The van der Waals surface area contributed by atoms with Gasteiger partial charge in [0.05, 0.1) is 12.5 Å². The first kappa shape index (κ1) is 20.8. The van der Waals surface area contributed by atoms with Crippen LogP contribution in [0.1, 0.15) is 12.0 Å². The molecule has 0 heterocycles. The molecule has 0 bridgehead atoms. The Kier molecular flexibility index (Phi) is 5.59. The lowest BCUT2D eigenvalue weighted by Crippen LogP contribution is -2.07. The smallest absolute Gasteiger partial charge is 0.306 e. The van der Waals surface area contributed by atoms with Crippen LogP contribution in [0.5, 0.6) is 17.2 Å². The third-order valence-electron chi connectivity index (χ3n) is 5.25. The second kappa shape index (κ2) is 8.34. The highest BCUT2D eigenvalue weighted by Gasteiger charge is 2.43. The molecule has 4 rings (SSSR count). The van der Waals surface area contributed by atoms with Gasteiger partial charge in [0.1, 0.15) is 23.1 Å². The summed E-state index contributed by atoms with van der Waals surface area (Å²) >= 11 is 0. The molecular weight excluding hydrogens is 409 g/mol. The lowest BCUT2D eigenvalue weighted by Gasteiger charge is -2.11. The van der Waals surface area contributed by atoms with E-state index in [0.29, 0.717) is 12.0 Å². The predicted octanol–water partition coefficient (Wildman–Crippen LogP) is 5.97. The van der Waals surface area contributed by atoms with Crippen molar-refractivity contribution in [2.24, 2.45) is 11.8 Å². The fourth-order valence-electron chi connectivity index (χ4n) is 3.28. The molecule has 1 fully saturated rings. The van der Waals surface area contributed by atoms with Crippen molar-refractivity contribution in [2.75, 3.05) is 6.61 Å². The van der Waals surface area contributed by atoms with Crippen LogP contribution in [0.2, 0.25) is 0 Å². The van der Waals surface area contributed by atoms with Crippen molar-refractivity contribution >= 4 is 5.97 Å². The summed E-state index contributed by atoms with van der Waals surface area (Å²) < 4.78 is 53.6. The van der Waals surface area contributed by atoms with Crippen molar-refractivity contribution < 1.29 is 32.5 Å². The monoisotopic (exact) mass is 428 g/mol. The normalized spacial score (nSPS) is 17.3. The summed E-state index contributed by atoms with van der Waals surface area (Å²) in [5, 5.41) is 8.91. The van der Waals surface area contributed by atoms with Crippen LogP contribution in [-0.4, -0.2) is 17.7 Å². The van der Waals surface area contributed by atoms with Crippen LogP contribution in [0.4, 0.5) is 13.2 Å². The molecule has 3 aromatic rings. The van der Waals surface area contributed by atoms with E-state index in [4.69, 9.17) is 14.6 Å². The van der Waals surface area contributed by atoms with E-state index in [2.05, 4.69) is 0 Å². The van der Waals surface area contributed by atoms with E-state index >= 15 is 0 Å². The minimum Gasteiger partial charge on any atom is -0.490 e. The molecule has 3 aromatic carbocycles. The van der Waals surface area contributed by atoms with Crippen molar-refractivity contribution in [3.63, 3.8) is 0 Å². The average Bonchev–Trinajstić information content (AvgIpc) is 3.51. The number of aliphatic carboxylic acids is 1. The summed E-state index contributed by atoms with van der Waals surface area (Å²) in [4.78, 5) is 10.9. The zero-order valence-corrected chi connectivity index (χ0v) is 16.6. The highest BCUT2D eigenvalue weighted by molar-refractivity contribution is 5.73. The van der Waals surface area contributed by atoms with E-state index in [9.17, 15) is 18.0 Å². The van der Waals surface area contributed by atoms with Gasteiger partial charge in [-0.15, -0.1) is 0 Å². The second-order valence-electron chi connectivity index (χ2n) is 7.55. The first-order valence-corrected chi connectivity index (χ1v) is 9.71. The number of hydrogen-bond donors (Lipinski definition) is 1. The number of halogens is 3. The number of carboxylic acid groups (broad SMARTS) is 1. The van der Waals surface area contributed by atoms with Gasteiger partial charge in [-0.25, -0.2) is 13.2 Å². The first-order valence-electron chi connectivity index (χ1n) is 9.71. The van der Waals surface area contributed by atoms with Crippen LogP contribution >= 0.6 is 0 Å². The molecule has 31 heavy (non-hydrogen) atoms. The maximum absolute atomic E-state index is 14.5. The van der Waals surface area contributed by atoms with Crippen molar-refractivity contribution in [1.29, 1.82) is 0 Å². The minimum absolute atomic E-state index is 0.0252. The van der Waals surface area contributed by atoms with E-state index in [0.717, 1.165) is 6.07 Å². The quantitative estimate of drug-likeness (QED) is 0.504. The van der Waals surface area contributed by atoms with Gasteiger partial charge in [0.2, 0.25) is 0 Å². The van der Waals surface area contributed by atoms with Gasteiger partial charge in [-0.1, -0.05) is 12.1 Å². The Bertz CT molecular complexity index is 1150. The Hall–Kier alpha value is -3.48. The van der Waals surface area contributed by atoms with Crippen molar-refractivity contribution in [2.45, 2.75) is 13.3 Å². The van der Waals surface area contributed by atoms with Crippen LogP contribution in [0, 0.1) is 36.2 Å². The van der Waals surface area contributed by atoms with Crippen LogP contribution in [0.15, 0.2) is 54.6 Å². The number of rotatable bonds is 7. The molecule has 1 aliphatic rings. The molecule has 0 aromatic heterocycles. The van der Waals surface area contributed by atoms with Gasteiger partial charge < -0.3 is 14.6 Å². The first-order chi connectivity index (χ1) is 14.8. The SMILES string of the molecule is Cc1ccc(Oc2ccc(F)c(-c3ccc(OCC4CC4C(=O)O)c(F)c3)c2)cc1F. The molecule has 1 N–H and O–H groups in total.